The average Bonchev–Trinajstić information content (AvgIpc) is 2.31. The van der Waals surface area contributed by atoms with Crippen LogP contribution in [-0.2, 0) is 11.3 Å². The molecule has 1 unspecified atom stereocenters. The number of aliphatic hydroxyl groups is 1. The van der Waals surface area contributed by atoms with Gasteiger partial charge in [0.25, 0.3) is 0 Å². The fraction of sp³-hybridized carbons (Fsp3) is 0.455. The molecular weight excluding hydrogens is 206 g/mol. The zero-order chi connectivity index (χ0) is 11.4. The third-order valence-corrected chi connectivity index (χ3v) is 2.71. The Labute approximate surface area is 94.1 Å². The van der Waals surface area contributed by atoms with E-state index in [1.54, 1.807) is 6.20 Å². The molecule has 1 fully saturated rings. The molecule has 2 N–H and O–H groups in total. The van der Waals surface area contributed by atoms with Gasteiger partial charge in [-0.1, -0.05) is 6.07 Å². The molecule has 5 heteroatoms. The Hall–Kier alpha value is -1.46. The minimum absolute atomic E-state index is 0.107. The molecule has 0 aromatic carbocycles. The second-order valence-corrected chi connectivity index (χ2v) is 3.78. The molecule has 0 saturated carbocycles. The van der Waals surface area contributed by atoms with Gasteiger partial charge in [0, 0.05) is 25.8 Å². The molecule has 86 valence electrons. The van der Waals surface area contributed by atoms with E-state index in [4.69, 9.17) is 0 Å². The molecule has 0 radical (unpaired) electrons. The lowest BCUT2D eigenvalue weighted by Gasteiger charge is -2.33. The summed E-state index contributed by atoms with van der Waals surface area (Å²) in [5.41, 5.74) is 0.913. The van der Waals surface area contributed by atoms with Gasteiger partial charge in [-0.05, 0) is 12.1 Å². The number of piperazine rings is 1. The highest BCUT2D eigenvalue weighted by atomic mass is 16.3. The Bertz CT molecular complexity index is 356. The summed E-state index contributed by atoms with van der Waals surface area (Å²) in [6, 6.07) is 5.24. The van der Waals surface area contributed by atoms with Crippen molar-refractivity contribution in [3.05, 3.63) is 30.1 Å². The molecular formula is C11H15N3O2. The van der Waals surface area contributed by atoms with Crippen molar-refractivity contribution in [1.82, 2.24) is 15.2 Å². The Balaban J connectivity index is 2.05. The summed E-state index contributed by atoms with van der Waals surface area (Å²) in [4.78, 5) is 17.6. The van der Waals surface area contributed by atoms with Crippen LogP contribution in [0.15, 0.2) is 24.4 Å². The third kappa shape index (κ3) is 2.37. The summed E-state index contributed by atoms with van der Waals surface area (Å²) in [7, 11) is 0. The van der Waals surface area contributed by atoms with Crippen LogP contribution < -0.4 is 5.32 Å². The highest BCUT2D eigenvalue weighted by Crippen LogP contribution is 2.08. The first-order valence-corrected chi connectivity index (χ1v) is 5.34. The van der Waals surface area contributed by atoms with E-state index in [0.29, 0.717) is 13.1 Å². The summed E-state index contributed by atoms with van der Waals surface area (Å²) in [6.07, 6.45) is 1.73. The first-order chi connectivity index (χ1) is 7.81. The maximum absolute atomic E-state index is 11.5. The smallest absolute Gasteiger partial charge is 0.239 e. The number of pyridine rings is 1. The van der Waals surface area contributed by atoms with Crippen molar-refractivity contribution in [1.29, 1.82) is 0 Å². The molecule has 1 aliphatic rings. The van der Waals surface area contributed by atoms with Crippen LogP contribution in [0.1, 0.15) is 5.69 Å². The first kappa shape index (κ1) is 11.0. The van der Waals surface area contributed by atoms with E-state index < -0.39 is 6.04 Å². The highest BCUT2D eigenvalue weighted by molar-refractivity contribution is 5.82. The van der Waals surface area contributed by atoms with Crippen molar-refractivity contribution < 1.29 is 9.90 Å². The van der Waals surface area contributed by atoms with Gasteiger partial charge in [0.2, 0.25) is 5.91 Å². The average molecular weight is 221 g/mol. The Morgan fingerprint density at radius 3 is 3.12 bits per heavy atom. The van der Waals surface area contributed by atoms with Gasteiger partial charge in [-0.25, -0.2) is 0 Å². The van der Waals surface area contributed by atoms with Crippen LogP contribution in [0.4, 0.5) is 0 Å². The zero-order valence-electron chi connectivity index (χ0n) is 8.97. The SMILES string of the molecule is O=C1NCCN(Cc2ccccn2)C1CO. The molecule has 1 aromatic heterocycles. The lowest BCUT2D eigenvalue weighted by atomic mass is 10.1. The Morgan fingerprint density at radius 1 is 1.56 bits per heavy atom. The van der Waals surface area contributed by atoms with E-state index >= 15 is 0 Å². The van der Waals surface area contributed by atoms with Crippen molar-refractivity contribution in [3.8, 4) is 0 Å². The number of nitrogens with zero attached hydrogens (tertiary/aromatic N) is 2. The minimum Gasteiger partial charge on any atom is -0.394 e. The quantitative estimate of drug-likeness (QED) is 0.713. The number of amides is 1. The van der Waals surface area contributed by atoms with Gasteiger partial charge in [0.05, 0.1) is 12.3 Å². The molecule has 1 amide bonds. The van der Waals surface area contributed by atoms with Crippen molar-refractivity contribution in [3.63, 3.8) is 0 Å². The molecule has 0 spiro atoms. The van der Waals surface area contributed by atoms with Crippen LogP contribution in [0.25, 0.3) is 0 Å². The van der Waals surface area contributed by atoms with Crippen molar-refractivity contribution in [2.75, 3.05) is 19.7 Å². The van der Waals surface area contributed by atoms with E-state index in [-0.39, 0.29) is 12.5 Å². The number of carbonyl (C=O) groups is 1. The largest absolute Gasteiger partial charge is 0.394 e. The van der Waals surface area contributed by atoms with Crippen LogP contribution in [0, 0.1) is 0 Å². The summed E-state index contributed by atoms with van der Waals surface area (Å²) in [6.45, 7) is 1.81. The van der Waals surface area contributed by atoms with Crippen LogP contribution in [0.3, 0.4) is 0 Å². The van der Waals surface area contributed by atoms with Gasteiger partial charge in [0.15, 0.2) is 0 Å². The predicted octanol–water partition coefficient (Wildman–Crippen LogP) is -0.626. The van der Waals surface area contributed by atoms with Crippen molar-refractivity contribution >= 4 is 5.91 Å². The van der Waals surface area contributed by atoms with Gasteiger partial charge < -0.3 is 10.4 Å². The van der Waals surface area contributed by atoms with Crippen LogP contribution in [0.2, 0.25) is 0 Å². The number of hydrogen-bond donors (Lipinski definition) is 2. The van der Waals surface area contributed by atoms with E-state index in [9.17, 15) is 9.90 Å². The van der Waals surface area contributed by atoms with Crippen LogP contribution in [-0.4, -0.2) is 46.6 Å². The standard InChI is InChI=1S/C11H15N3O2/c15-8-10-11(16)13-5-6-14(10)7-9-3-1-2-4-12-9/h1-4,10,15H,5-8H2,(H,13,16). The lowest BCUT2D eigenvalue weighted by molar-refractivity contribution is -0.130. The van der Waals surface area contributed by atoms with Gasteiger partial charge in [-0.15, -0.1) is 0 Å². The summed E-state index contributed by atoms with van der Waals surface area (Å²) in [5, 5.41) is 11.9. The third-order valence-electron chi connectivity index (χ3n) is 2.71. The summed E-state index contributed by atoms with van der Waals surface area (Å²) < 4.78 is 0. The first-order valence-electron chi connectivity index (χ1n) is 5.34. The lowest BCUT2D eigenvalue weighted by Crippen LogP contribution is -2.56. The fourth-order valence-corrected chi connectivity index (χ4v) is 1.85. The monoisotopic (exact) mass is 221 g/mol. The number of rotatable bonds is 3. The van der Waals surface area contributed by atoms with Crippen molar-refractivity contribution in [2.24, 2.45) is 0 Å². The maximum Gasteiger partial charge on any atom is 0.239 e. The van der Waals surface area contributed by atoms with Crippen LogP contribution >= 0.6 is 0 Å². The number of nitrogens with one attached hydrogen (secondary N) is 1. The minimum atomic E-state index is -0.448. The van der Waals surface area contributed by atoms with Crippen LogP contribution in [0.5, 0.6) is 0 Å². The van der Waals surface area contributed by atoms with E-state index in [1.807, 2.05) is 23.1 Å². The topological polar surface area (TPSA) is 65.5 Å². The van der Waals surface area contributed by atoms with Gasteiger partial charge in [-0.3, -0.25) is 14.7 Å². The summed E-state index contributed by atoms with van der Waals surface area (Å²) in [5.74, 6) is -0.107. The highest BCUT2D eigenvalue weighted by Gasteiger charge is 2.28. The summed E-state index contributed by atoms with van der Waals surface area (Å²) >= 11 is 0. The maximum atomic E-state index is 11.5. The zero-order valence-corrected chi connectivity index (χ0v) is 8.97. The predicted molar refractivity (Wildman–Crippen MR) is 58.5 cm³/mol. The molecule has 16 heavy (non-hydrogen) atoms. The Kier molecular flexibility index (Phi) is 3.48. The van der Waals surface area contributed by atoms with E-state index in [2.05, 4.69) is 10.3 Å². The van der Waals surface area contributed by atoms with Gasteiger partial charge >= 0.3 is 0 Å². The second kappa shape index (κ2) is 5.05. The molecule has 0 aliphatic carbocycles. The Morgan fingerprint density at radius 2 is 2.44 bits per heavy atom. The number of carbonyl (C=O) groups excluding carboxylic acids is 1. The van der Waals surface area contributed by atoms with E-state index in [0.717, 1.165) is 12.2 Å². The molecule has 1 aromatic rings. The normalized spacial score (nSPS) is 21.8. The number of aliphatic hydroxyl groups excluding tert-OH is 1. The molecule has 2 rings (SSSR count). The molecule has 1 saturated heterocycles. The van der Waals surface area contributed by atoms with E-state index in [1.165, 1.54) is 0 Å². The fourth-order valence-electron chi connectivity index (χ4n) is 1.85. The number of aromatic nitrogens is 1. The molecule has 2 heterocycles. The molecule has 0 bridgehead atoms. The molecule has 1 atom stereocenters. The van der Waals surface area contributed by atoms with Gasteiger partial charge in [-0.2, -0.15) is 0 Å². The van der Waals surface area contributed by atoms with Crippen molar-refractivity contribution in [2.45, 2.75) is 12.6 Å². The molecule has 5 nitrogen and oxygen atoms in total. The van der Waals surface area contributed by atoms with Gasteiger partial charge in [0.1, 0.15) is 6.04 Å². The number of hydrogen-bond acceptors (Lipinski definition) is 4. The molecule has 1 aliphatic heterocycles. The second-order valence-electron chi connectivity index (χ2n) is 3.78.